The number of alkyl halides is 1. The van der Waals surface area contributed by atoms with Crippen LogP contribution in [0, 0.1) is 23.7 Å². The molecule has 3 nitrogen and oxygen atoms in total. The molecule has 4 saturated carbocycles. The summed E-state index contributed by atoms with van der Waals surface area (Å²) in [5.41, 5.74) is 0. The fraction of sp³-hybridized carbons (Fsp3) is 1.00. The maximum Gasteiger partial charge on any atom is 0.155 e. The average molecular weight is 275 g/mol. The first-order valence-electron chi connectivity index (χ1n) is 7.06. The molecule has 0 aromatic heterocycles. The quantitative estimate of drug-likeness (QED) is 0.754. The second-order valence-corrected chi connectivity index (χ2v) is 7.43. The van der Waals surface area contributed by atoms with Gasteiger partial charge < -0.3 is 9.87 Å². The number of hydrogen-bond acceptors (Lipinski definition) is 2. The number of nitrogens with one attached hydrogen (secondary N) is 1. The lowest BCUT2D eigenvalue weighted by Gasteiger charge is -2.54. The number of rotatable bonds is 5. The summed E-state index contributed by atoms with van der Waals surface area (Å²) in [4.78, 5) is 0. The van der Waals surface area contributed by atoms with Crippen LogP contribution in [0.2, 0.25) is 0 Å². The molecule has 4 bridgehead atoms. The molecule has 2 unspecified atom stereocenters. The Kier molecular flexibility index (Phi) is 3.74. The van der Waals surface area contributed by atoms with Crippen molar-refractivity contribution in [2.45, 2.75) is 44.3 Å². The molecular weight excluding hydrogens is 253 g/mol. The molecule has 0 radical (unpaired) electrons. The van der Waals surface area contributed by atoms with E-state index in [9.17, 15) is 8.60 Å². The van der Waals surface area contributed by atoms with Crippen molar-refractivity contribution >= 4 is 11.1 Å². The van der Waals surface area contributed by atoms with Crippen molar-refractivity contribution in [2.24, 2.45) is 23.7 Å². The summed E-state index contributed by atoms with van der Waals surface area (Å²) >= 11 is -2.02. The summed E-state index contributed by atoms with van der Waals surface area (Å²) in [5.74, 6) is 3.05. The van der Waals surface area contributed by atoms with Gasteiger partial charge in [-0.15, -0.1) is 0 Å². The lowest BCUT2D eigenvalue weighted by Crippen LogP contribution is -2.55. The smallest absolute Gasteiger partial charge is 0.155 e. The fourth-order valence-electron chi connectivity index (χ4n) is 4.74. The van der Waals surface area contributed by atoms with Gasteiger partial charge in [0, 0.05) is 12.6 Å². The average Bonchev–Trinajstić information content (AvgIpc) is 2.25. The largest absolute Gasteiger partial charge is 0.311 e. The van der Waals surface area contributed by atoms with E-state index in [2.05, 4.69) is 5.32 Å². The van der Waals surface area contributed by atoms with E-state index < -0.39 is 17.3 Å². The SMILES string of the molecule is O=S(O)CC(F)CNC1C2CC3CC(C2)CC1C3. The fourth-order valence-corrected chi connectivity index (χ4v) is 5.16. The monoisotopic (exact) mass is 275 g/mol. The van der Waals surface area contributed by atoms with Crippen LogP contribution in [0.1, 0.15) is 32.1 Å². The molecule has 4 fully saturated rings. The Hall–Kier alpha value is -0.0000000000000000486. The first-order valence-corrected chi connectivity index (χ1v) is 8.34. The summed E-state index contributed by atoms with van der Waals surface area (Å²) in [5, 5.41) is 3.35. The van der Waals surface area contributed by atoms with Crippen molar-refractivity contribution in [3.05, 3.63) is 0 Å². The van der Waals surface area contributed by atoms with Crippen LogP contribution in [0.4, 0.5) is 4.39 Å². The van der Waals surface area contributed by atoms with Crippen LogP contribution in [0.25, 0.3) is 0 Å². The summed E-state index contributed by atoms with van der Waals surface area (Å²) in [6, 6.07) is 0.461. The number of halogens is 1. The molecule has 4 aliphatic rings. The molecule has 4 rings (SSSR count). The van der Waals surface area contributed by atoms with Crippen molar-refractivity contribution in [3.63, 3.8) is 0 Å². The van der Waals surface area contributed by atoms with Gasteiger partial charge in [-0.2, -0.15) is 0 Å². The highest BCUT2D eigenvalue weighted by molar-refractivity contribution is 7.79. The van der Waals surface area contributed by atoms with Crippen molar-refractivity contribution in [1.82, 2.24) is 5.32 Å². The van der Waals surface area contributed by atoms with Gasteiger partial charge in [0.1, 0.15) is 6.17 Å². The van der Waals surface area contributed by atoms with Crippen molar-refractivity contribution in [3.8, 4) is 0 Å². The lowest BCUT2D eigenvalue weighted by molar-refractivity contribution is -0.0150. The molecule has 0 aliphatic heterocycles. The lowest BCUT2D eigenvalue weighted by atomic mass is 9.54. The standard InChI is InChI=1S/C13H22FNO2S/c14-12(7-18(16)17)6-15-13-10-2-8-1-9(4-10)5-11(13)3-8/h8-13,15H,1-7H2,(H,16,17). The van der Waals surface area contributed by atoms with E-state index in [1.807, 2.05) is 0 Å². The Morgan fingerprint density at radius 3 is 2.22 bits per heavy atom. The van der Waals surface area contributed by atoms with Gasteiger partial charge in [-0.05, 0) is 55.8 Å². The molecule has 0 aromatic carbocycles. The zero-order valence-electron chi connectivity index (χ0n) is 10.6. The predicted octanol–water partition coefficient (Wildman–Crippen LogP) is 1.96. The molecule has 0 amide bonds. The van der Waals surface area contributed by atoms with Crippen molar-refractivity contribution in [2.75, 3.05) is 12.3 Å². The molecule has 18 heavy (non-hydrogen) atoms. The Morgan fingerprint density at radius 1 is 1.17 bits per heavy atom. The summed E-state index contributed by atoms with van der Waals surface area (Å²) in [7, 11) is 0. The zero-order valence-corrected chi connectivity index (χ0v) is 11.4. The Morgan fingerprint density at radius 2 is 1.72 bits per heavy atom. The van der Waals surface area contributed by atoms with Crippen LogP contribution in [-0.4, -0.2) is 33.3 Å². The summed E-state index contributed by atoms with van der Waals surface area (Å²) < 4.78 is 32.7. The molecular formula is C13H22FNO2S. The minimum atomic E-state index is -2.02. The highest BCUT2D eigenvalue weighted by atomic mass is 32.2. The van der Waals surface area contributed by atoms with E-state index in [1.54, 1.807) is 0 Å². The molecule has 0 aromatic rings. The predicted molar refractivity (Wildman–Crippen MR) is 69.4 cm³/mol. The van der Waals surface area contributed by atoms with Crippen LogP contribution < -0.4 is 5.32 Å². The second-order valence-electron chi connectivity index (χ2n) is 6.45. The van der Waals surface area contributed by atoms with E-state index in [0.717, 1.165) is 23.7 Å². The van der Waals surface area contributed by atoms with E-state index in [1.165, 1.54) is 32.1 Å². The topological polar surface area (TPSA) is 49.3 Å². The molecule has 2 N–H and O–H groups in total. The Balaban J connectivity index is 1.52. The van der Waals surface area contributed by atoms with Crippen LogP contribution >= 0.6 is 0 Å². The molecule has 0 spiro atoms. The third kappa shape index (κ3) is 2.63. The van der Waals surface area contributed by atoms with Gasteiger partial charge in [-0.1, -0.05) is 0 Å². The Bertz CT molecular complexity index is 311. The highest BCUT2D eigenvalue weighted by Crippen LogP contribution is 2.53. The van der Waals surface area contributed by atoms with Crippen molar-refractivity contribution < 1.29 is 13.2 Å². The zero-order chi connectivity index (χ0) is 12.7. The maximum atomic E-state index is 13.5. The van der Waals surface area contributed by atoms with E-state index in [4.69, 9.17) is 4.55 Å². The van der Waals surface area contributed by atoms with E-state index in [0.29, 0.717) is 6.04 Å². The van der Waals surface area contributed by atoms with Gasteiger partial charge in [-0.25, -0.2) is 8.60 Å². The van der Waals surface area contributed by atoms with Crippen LogP contribution in [0.5, 0.6) is 0 Å². The number of hydrogen-bond donors (Lipinski definition) is 2. The first-order chi connectivity index (χ1) is 8.61. The highest BCUT2D eigenvalue weighted by Gasteiger charge is 2.47. The van der Waals surface area contributed by atoms with E-state index in [-0.39, 0.29) is 12.3 Å². The van der Waals surface area contributed by atoms with Crippen LogP contribution in [0.15, 0.2) is 0 Å². The van der Waals surface area contributed by atoms with Gasteiger partial charge >= 0.3 is 0 Å². The third-order valence-electron chi connectivity index (χ3n) is 5.13. The molecule has 2 atom stereocenters. The summed E-state index contributed by atoms with van der Waals surface area (Å²) in [6.07, 6.45) is 5.48. The van der Waals surface area contributed by atoms with E-state index >= 15 is 0 Å². The van der Waals surface area contributed by atoms with Crippen molar-refractivity contribution in [1.29, 1.82) is 0 Å². The molecule has 104 valence electrons. The summed E-state index contributed by atoms with van der Waals surface area (Å²) in [6.45, 7) is 0.235. The Labute approximate surface area is 110 Å². The van der Waals surface area contributed by atoms with Gasteiger partial charge in [-0.3, -0.25) is 0 Å². The molecule has 4 aliphatic carbocycles. The normalized spacial score (nSPS) is 45.1. The third-order valence-corrected chi connectivity index (χ3v) is 5.77. The van der Waals surface area contributed by atoms with Gasteiger partial charge in [0.05, 0.1) is 5.75 Å². The molecule has 0 saturated heterocycles. The van der Waals surface area contributed by atoms with Gasteiger partial charge in [0.15, 0.2) is 11.1 Å². The first kappa shape index (κ1) is 13.0. The van der Waals surface area contributed by atoms with Gasteiger partial charge in [0.2, 0.25) is 0 Å². The van der Waals surface area contributed by atoms with Gasteiger partial charge in [0.25, 0.3) is 0 Å². The minimum absolute atomic E-state index is 0.235. The maximum absolute atomic E-state index is 13.5. The molecule has 0 heterocycles. The molecule has 5 heteroatoms. The minimum Gasteiger partial charge on any atom is -0.311 e. The van der Waals surface area contributed by atoms with Crippen LogP contribution in [0.3, 0.4) is 0 Å². The second kappa shape index (κ2) is 5.17. The van der Waals surface area contributed by atoms with Crippen LogP contribution in [-0.2, 0) is 11.1 Å².